The molecule has 1 atom stereocenters. The topological polar surface area (TPSA) is 182 Å². The number of carbonyl (C=O) groups excluding carboxylic acids is 3. The maximum Gasteiger partial charge on any atom is 0.345 e. The molecule has 0 aromatic rings. The van der Waals surface area contributed by atoms with Crippen LogP contribution in [0.25, 0.3) is 0 Å². The molecule has 0 rings (SSSR count). The van der Waals surface area contributed by atoms with Crippen molar-refractivity contribution in [2.24, 2.45) is 16.2 Å². The fourth-order valence-electron chi connectivity index (χ4n) is 3.11. The SMILES string of the molecule is CC(C)(CC(=O)O)CC(=O)OC(=O)CC(C)(C)CC(=O)OC(C(=O)O)C(C)(C)CC(=O)O. The van der Waals surface area contributed by atoms with Crippen molar-refractivity contribution in [3.8, 4) is 0 Å². The number of esters is 3. The molecule has 182 valence electrons. The molecule has 0 amide bonds. The summed E-state index contributed by atoms with van der Waals surface area (Å²) in [5.41, 5.74) is -3.37. The van der Waals surface area contributed by atoms with Gasteiger partial charge in [0, 0.05) is 5.41 Å². The Labute approximate surface area is 186 Å². The average Bonchev–Trinajstić information content (AvgIpc) is 2.46. The van der Waals surface area contributed by atoms with Crippen LogP contribution in [0.5, 0.6) is 0 Å². The third kappa shape index (κ3) is 11.4. The lowest BCUT2D eigenvalue weighted by Gasteiger charge is -2.30. The van der Waals surface area contributed by atoms with Crippen LogP contribution in [0, 0.1) is 16.2 Å². The first kappa shape index (κ1) is 29.0. The quantitative estimate of drug-likeness (QED) is 0.271. The minimum atomic E-state index is -1.72. The highest BCUT2D eigenvalue weighted by molar-refractivity contribution is 5.87. The van der Waals surface area contributed by atoms with Gasteiger partial charge in [0.25, 0.3) is 0 Å². The highest BCUT2D eigenvalue weighted by Gasteiger charge is 2.41. The van der Waals surface area contributed by atoms with Crippen LogP contribution < -0.4 is 0 Å². The summed E-state index contributed by atoms with van der Waals surface area (Å²) >= 11 is 0. The van der Waals surface area contributed by atoms with E-state index in [1.54, 1.807) is 0 Å². The van der Waals surface area contributed by atoms with Crippen molar-refractivity contribution in [1.29, 1.82) is 0 Å². The lowest BCUT2D eigenvalue weighted by Crippen LogP contribution is -2.42. The Morgan fingerprint density at radius 1 is 0.625 bits per heavy atom. The second-order valence-corrected chi connectivity index (χ2v) is 10.0. The van der Waals surface area contributed by atoms with E-state index in [0.29, 0.717) is 0 Å². The highest BCUT2D eigenvalue weighted by Crippen LogP contribution is 2.32. The van der Waals surface area contributed by atoms with Crippen LogP contribution in [-0.2, 0) is 38.2 Å². The van der Waals surface area contributed by atoms with Crippen molar-refractivity contribution in [3.05, 3.63) is 0 Å². The van der Waals surface area contributed by atoms with Gasteiger partial charge in [-0.3, -0.25) is 24.0 Å². The molecule has 11 heteroatoms. The van der Waals surface area contributed by atoms with Crippen LogP contribution in [-0.4, -0.2) is 57.2 Å². The van der Waals surface area contributed by atoms with Crippen LogP contribution in [0.15, 0.2) is 0 Å². The molecule has 0 aliphatic rings. The molecule has 0 spiro atoms. The van der Waals surface area contributed by atoms with Gasteiger partial charge in [0.15, 0.2) is 0 Å². The number of hydrogen-bond acceptors (Lipinski definition) is 8. The van der Waals surface area contributed by atoms with Crippen LogP contribution in [0.3, 0.4) is 0 Å². The first-order valence-electron chi connectivity index (χ1n) is 9.86. The number of ether oxygens (including phenoxy) is 2. The highest BCUT2D eigenvalue weighted by atomic mass is 16.6. The van der Waals surface area contributed by atoms with Gasteiger partial charge in [-0.1, -0.05) is 41.5 Å². The van der Waals surface area contributed by atoms with Crippen LogP contribution >= 0.6 is 0 Å². The first-order chi connectivity index (χ1) is 14.3. The molecule has 0 radical (unpaired) electrons. The number of rotatable bonds is 13. The average molecular weight is 460 g/mol. The summed E-state index contributed by atoms with van der Waals surface area (Å²) in [5, 5.41) is 27.1. The maximum absolute atomic E-state index is 12.3. The molecule has 0 bridgehead atoms. The summed E-state index contributed by atoms with van der Waals surface area (Å²) in [4.78, 5) is 69.6. The van der Waals surface area contributed by atoms with Crippen molar-refractivity contribution in [2.75, 3.05) is 0 Å². The summed E-state index contributed by atoms with van der Waals surface area (Å²) in [6, 6.07) is 0. The molecule has 1 unspecified atom stereocenters. The Balaban J connectivity index is 4.97. The molecule has 32 heavy (non-hydrogen) atoms. The Morgan fingerprint density at radius 3 is 1.38 bits per heavy atom. The number of aliphatic carboxylic acids is 3. The van der Waals surface area contributed by atoms with Gasteiger partial charge in [0.05, 0.1) is 32.1 Å². The third-order valence-corrected chi connectivity index (χ3v) is 4.52. The molecule has 0 aliphatic carbocycles. The molecule has 0 aromatic carbocycles. The van der Waals surface area contributed by atoms with Gasteiger partial charge in [0.1, 0.15) is 0 Å². The smallest absolute Gasteiger partial charge is 0.345 e. The summed E-state index contributed by atoms with van der Waals surface area (Å²) < 4.78 is 9.72. The van der Waals surface area contributed by atoms with E-state index in [-0.39, 0.29) is 19.3 Å². The largest absolute Gasteiger partial charge is 0.481 e. The fraction of sp³-hybridized carbons (Fsp3) is 0.714. The number of carboxylic acid groups (broad SMARTS) is 3. The Bertz CT molecular complexity index is 762. The van der Waals surface area contributed by atoms with Crippen molar-refractivity contribution in [3.63, 3.8) is 0 Å². The minimum absolute atomic E-state index is 0.295. The van der Waals surface area contributed by atoms with Gasteiger partial charge in [0.2, 0.25) is 6.10 Å². The van der Waals surface area contributed by atoms with Crippen molar-refractivity contribution < 1.29 is 53.6 Å². The number of carboxylic acids is 3. The van der Waals surface area contributed by atoms with Crippen LogP contribution in [0.4, 0.5) is 0 Å². The molecule has 0 fully saturated rings. The molecule has 0 aliphatic heterocycles. The van der Waals surface area contributed by atoms with E-state index in [1.165, 1.54) is 41.5 Å². The molecular formula is C21H32O11. The molecule has 0 saturated carbocycles. The predicted molar refractivity (Wildman–Crippen MR) is 108 cm³/mol. The first-order valence-corrected chi connectivity index (χ1v) is 9.86. The van der Waals surface area contributed by atoms with E-state index in [2.05, 4.69) is 0 Å². The summed E-state index contributed by atoms with van der Waals surface area (Å²) in [7, 11) is 0. The lowest BCUT2D eigenvalue weighted by molar-refractivity contribution is -0.176. The molecule has 3 N–H and O–H groups in total. The van der Waals surface area contributed by atoms with E-state index >= 15 is 0 Å². The van der Waals surface area contributed by atoms with E-state index in [4.69, 9.17) is 19.7 Å². The van der Waals surface area contributed by atoms with Gasteiger partial charge in [-0.2, -0.15) is 0 Å². The second kappa shape index (κ2) is 11.1. The zero-order chi connectivity index (χ0) is 25.5. The van der Waals surface area contributed by atoms with Gasteiger partial charge in [-0.25, -0.2) is 4.79 Å². The summed E-state index contributed by atoms with van der Waals surface area (Å²) in [6.07, 6.45) is -3.63. The monoisotopic (exact) mass is 460 g/mol. The zero-order valence-electron chi connectivity index (χ0n) is 19.2. The lowest BCUT2D eigenvalue weighted by atomic mass is 9.82. The van der Waals surface area contributed by atoms with Gasteiger partial charge < -0.3 is 24.8 Å². The van der Waals surface area contributed by atoms with Gasteiger partial charge in [-0.15, -0.1) is 0 Å². The van der Waals surface area contributed by atoms with E-state index in [9.17, 15) is 33.9 Å². The molecule has 11 nitrogen and oxygen atoms in total. The number of carbonyl (C=O) groups is 6. The van der Waals surface area contributed by atoms with Crippen molar-refractivity contribution >= 4 is 35.8 Å². The van der Waals surface area contributed by atoms with Crippen molar-refractivity contribution in [1.82, 2.24) is 0 Å². The second-order valence-electron chi connectivity index (χ2n) is 10.0. The van der Waals surface area contributed by atoms with E-state index in [1.807, 2.05) is 0 Å². The summed E-state index contributed by atoms with van der Waals surface area (Å²) in [6.45, 7) is 8.77. The van der Waals surface area contributed by atoms with Gasteiger partial charge >= 0.3 is 35.8 Å². The standard InChI is InChI=1S/C21H32O11/c1-19(2,7-12(22)23)9-14(26)31-15(27)10-20(3,4)11-16(28)32-17(18(29)30)21(5,6)8-13(24)25/h17H,7-11H2,1-6H3,(H,22,23)(H,24,25)(H,29,30). The zero-order valence-corrected chi connectivity index (χ0v) is 19.2. The minimum Gasteiger partial charge on any atom is -0.481 e. The van der Waals surface area contributed by atoms with E-state index < -0.39 is 71.0 Å². The fourth-order valence-corrected chi connectivity index (χ4v) is 3.11. The predicted octanol–water partition coefficient (Wildman–Crippen LogP) is 2.25. The molecular weight excluding hydrogens is 428 g/mol. The molecule has 0 heterocycles. The van der Waals surface area contributed by atoms with Gasteiger partial charge in [-0.05, 0) is 10.8 Å². The third-order valence-electron chi connectivity index (χ3n) is 4.52. The molecule has 0 aromatic heterocycles. The van der Waals surface area contributed by atoms with E-state index in [0.717, 1.165) is 0 Å². The Hall–Kier alpha value is -2.98. The Kier molecular flexibility index (Phi) is 10.0. The van der Waals surface area contributed by atoms with Crippen LogP contribution in [0.2, 0.25) is 0 Å². The molecule has 0 saturated heterocycles. The normalized spacial score (nSPS) is 13.1. The number of hydrogen-bond donors (Lipinski definition) is 3. The Morgan fingerprint density at radius 2 is 1.00 bits per heavy atom. The maximum atomic E-state index is 12.3. The van der Waals surface area contributed by atoms with Crippen LogP contribution in [0.1, 0.15) is 73.6 Å². The summed E-state index contributed by atoms with van der Waals surface area (Å²) in [5.74, 6) is -6.64. The van der Waals surface area contributed by atoms with Crippen molar-refractivity contribution in [2.45, 2.75) is 79.8 Å².